The SMILES string of the molecule is [2H]c1c([2H])c([2H])c(-c2c([2H])c([2H])c(N(c3c([2H])c([2H])c(-c4c([2H])c([2H])c([2H])c5c([2H])c([2H])c([2H])c([2H])c45)c([2H])c3[2H])c3c([2H])c([2H])c(-c4c([2H])c([2H])c(-n5c6c([2H])c([2H])c([2H])c([2H])c6c6c([2H])c([2H])c([2H])c([2H])c65)c([2H])c4[2H])c4oc5c([2H])c([2H])c([2H])c([2H])c5c34)c([2H])c2[2H])c([2H])c1[2H]. The minimum atomic E-state index is -1.41. The molecule has 3 heteroatoms. The summed E-state index contributed by atoms with van der Waals surface area (Å²) in [7, 11) is 0. The van der Waals surface area contributed by atoms with E-state index in [0.29, 0.717) is 9.47 Å². The lowest BCUT2D eigenvalue weighted by molar-refractivity contribution is 0.670. The van der Waals surface area contributed by atoms with Gasteiger partial charge in [-0.3, -0.25) is 0 Å². The Balaban J connectivity index is 1.28. The number of fused-ring (bicyclic) bond motifs is 7. The quantitative estimate of drug-likeness (QED) is 0.160. The van der Waals surface area contributed by atoms with Gasteiger partial charge in [0, 0.05) is 38.8 Å². The van der Waals surface area contributed by atoms with Gasteiger partial charge in [0.1, 0.15) is 11.2 Å². The molecular weight excluding hydrogens is 741 g/mol. The van der Waals surface area contributed by atoms with Crippen LogP contribution in [-0.4, -0.2) is 4.57 Å². The lowest BCUT2D eigenvalue weighted by Crippen LogP contribution is -2.10. The Morgan fingerprint density at radius 1 is 0.377 bits per heavy atom. The van der Waals surface area contributed by atoms with Gasteiger partial charge in [0.15, 0.2) is 0 Å². The second kappa shape index (κ2) is 14.3. The van der Waals surface area contributed by atoms with Gasteiger partial charge in [-0.1, -0.05) is 163 Å². The van der Waals surface area contributed by atoms with Crippen molar-refractivity contribution in [2.45, 2.75) is 0 Å². The Bertz CT molecular complexity index is 5650. The van der Waals surface area contributed by atoms with E-state index in [1.54, 1.807) is 0 Å². The van der Waals surface area contributed by atoms with E-state index in [1.165, 1.54) is 0 Å². The smallest absolute Gasteiger partial charge is 0.145 e. The summed E-state index contributed by atoms with van der Waals surface area (Å²) in [5.41, 5.74) is -13.8. The zero-order chi connectivity index (χ0) is 73.3. The molecule has 10 aromatic carbocycles. The zero-order valence-corrected chi connectivity index (χ0v) is 30.3. The zero-order valence-electron chi connectivity index (χ0n) is 68.3. The largest absolute Gasteiger partial charge is 0.455 e. The fraction of sp³-hybridized carbons (Fsp3) is 0. The van der Waals surface area contributed by atoms with E-state index in [-0.39, 0.29) is 0 Å². The summed E-state index contributed by atoms with van der Waals surface area (Å²) in [5.74, 6) is 0. The van der Waals surface area contributed by atoms with Crippen LogP contribution in [-0.2, 0) is 0 Å². The van der Waals surface area contributed by atoms with E-state index >= 15 is 0 Å². The Kier molecular flexibility index (Phi) is 3.21. The fourth-order valence-corrected chi connectivity index (χ4v) is 6.79. The molecule has 3 nitrogen and oxygen atoms in total. The fourth-order valence-electron chi connectivity index (χ4n) is 6.79. The molecule has 0 N–H and O–H groups in total. The maximum Gasteiger partial charge on any atom is 0.145 e. The van der Waals surface area contributed by atoms with Gasteiger partial charge in [0.2, 0.25) is 0 Å². The third-order valence-corrected chi connectivity index (χ3v) is 9.43. The van der Waals surface area contributed by atoms with Crippen LogP contribution in [0.5, 0.6) is 0 Å². The molecular formula is C58H38N2O. The van der Waals surface area contributed by atoms with Gasteiger partial charge in [-0.15, -0.1) is 0 Å². The van der Waals surface area contributed by atoms with Crippen molar-refractivity contribution in [1.29, 1.82) is 0 Å². The number of nitrogens with zero attached hydrogens (tertiary/aromatic N) is 2. The molecule has 0 amide bonds. The number of aromatic nitrogens is 1. The molecule has 0 aliphatic heterocycles. The molecule has 2 heterocycles. The number of benzene rings is 10. The summed E-state index contributed by atoms with van der Waals surface area (Å²) in [5, 5.41) is -4.37. The highest BCUT2D eigenvalue weighted by molar-refractivity contribution is 6.17. The van der Waals surface area contributed by atoms with Crippen molar-refractivity contribution in [2.24, 2.45) is 0 Å². The van der Waals surface area contributed by atoms with Gasteiger partial charge in [0.05, 0.1) is 74.2 Å². The summed E-state index contributed by atoms with van der Waals surface area (Å²) in [6.07, 6.45) is 0. The molecule has 12 rings (SSSR count). The van der Waals surface area contributed by atoms with Crippen molar-refractivity contribution in [3.63, 3.8) is 0 Å². The molecule has 2 aromatic heterocycles. The molecule has 0 saturated heterocycles. The second-order valence-corrected chi connectivity index (χ2v) is 12.8. The molecule has 0 bridgehead atoms. The highest BCUT2D eigenvalue weighted by atomic mass is 16.3. The van der Waals surface area contributed by atoms with Gasteiger partial charge >= 0.3 is 0 Å². The van der Waals surface area contributed by atoms with Crippen molar-refractivity contribution in [3.8, 4) is 39.1 Å². The van der Waals surface area contributed by atoms with Crippen LogP contribution in [0.2, 0.25) is 0 Å². The number of anilines is 3. The van der Waals surface area contributed by atoms with Crippen LogP contribution >= 0.6 is 0 Å². The van der Waals surface area contributed by atoms with E-state index in [2.05, 4.69) is 0 Å². The van der Waals surface area contributed by atoms with Gasteiger partial charge in [-0.25, -0.2) is 0 Å². The molecule has 61 heavy (non-hydrogen) atoms. The topological polar surface area (TPSA) is 21.3 Å². The van der Waals surface area contributed by atoms with Gasteiger partial charge in [-0.05, 0) is 105 Å². The van der Waals surface area contributed by atoms with E-state index in [0.717, 1.165) is 0 Å². The van der Waals surface area contributed by atoms with Crippen molar-refractivity contribution < 1.29 is 56.5 Å². The first-order chi connectivity index (χ1) is 46.1. The van der Waals surface area contributed by atoms with E-state index < -0.39 is 340 Å². The maximum absolute atomic E-state index is 10.2. The number of furan rings is 1. The summed E-state index contributed by atoms with van der Waals surface area (Å²) in [6.45, 7) is 0. The van der Waals surface area contributed by atoms with E-state index in [9.17, 15) is 20.6 Å². The summed E-state index contributed by atoms with van der Waals surface area (Å²) >= 11 is 0. The van der Waals surface area contributed by atoms with Crippen LogP contribution in [0.4, 0.5) is 17.1 Å². The Morgan fingerprint density at radius 3 is 1.61 bits per heavy atom. The molecule has 12 aromatic rings. The average Bonchev–Trinajstić information content (AvgIpc) is 1.60. The lowest BCUT2D eigenvalue weighted by Gasteiger charge is -2.27. The third-order valence-electron chi connectivity index (χ3n) is 9.43. The van der Waals surface area contributed by atoms with Gasteiger partial charge in [-0.2, -0.15) is 0 Å². The van der Waals surface area contributed by atoms with Crippen LogP contribution in [0.1, 0.15) is 52.1 Å². The number of rotatable bonds is 7. The van der Waals surface area contributed by atoms with Crippen LogP contribution in [0.25, 0.3) is 93.6 Å². The summed E-state index contributed by atoms with van der Waals surface area (Å²) < 4.78 is 354. The summed E-state index contributed by atoms with van der Waals surface area (Å²) in [4.78, 5) is 0.290. The first-order valence-corrected chi connectivity index (χ1v) is 17.7. The minimum absolute atomic E-state index is 0.290. The first kappa shape index (κ1) is 13.7. The third kappa shape index (κ3) is 5.82. The number of hydrogen-bond donors (Lipinski definition) is 0. The van der Waals surface area contributed by atoms with Crippen molar-refractivity contribution in [3.05, 3.63) is 230 Å². The van der Waals surface area contributed by atoms with E-state index in [4.69, 9.17) is 35.9 Å². The van der Waals surface area contributed by atoms with Gasteiger partial charge < -0.3 is 13.9 Å². The lowest BCUT2D eigenvalue weighted by atomic mass is 9.97. The Labute approximate surface area is 407 Å². The molecule has 0 unspecified atom stereocenters. The molecule has 0 saturated carbocycles. The van der Waals surface area contributed by atoms with Crippen LogP contribution in [0.3, 0.4) is 0 Å². The molecule has 0 aliphatic rings. The van der Waals surface area contributed by atoms with Crippen LogP contribution in [0, 0.1) is 0 Å². The molecule has 0 fully saturated rings. The predicted octanol–water partition coefficient (Wildman–Crippen LogP) is 16.3. The monoisotopic (exact) mass is 817 g/mol. The maximum atomic E-state index is 10.2. The van der Waals surface area contributed by atoms with Crippen molar-refractivity contribution in [1.82, 2.24) is 4.57 Å². The molecule has 0 aliphatic carbocycles. The number of para-hydroxylation sites is 3. The minimum Gasteiger partial charge on any atom is -0.455 e. The standard InChI is InChI=1S/C58H38N2O/c1-2-13-39(14-3-1)40-25-31-44(32-26-40)59(45-33-27-42(28-34-45)48-21-12-16-41-15-4-5-17-47(41)48)55-38-37-49(58-57(55)52-20-8-11-24-56(52)61-58)43-29-35-46(36-30-43)60-53-22-9-6-18-50(53)51-19-7-10-23-54(51)60/h1-38H/i1D,2D,3D,4D,5D,6D,7D,8D,9D,10D,11D,12D,13D,14D,15D,16D,17D,18D,19D,20D,21D,22D,23D,24D,25D,26D,27D,28D,29D,30D,31D,32D,33D,34D,35D,36D,37D,38D. The van der Waals surface area contributed by atoms with E-state index in [1.807, 2.05) is 0 Å². The molecule has 286 valence electrons. The van der Waals surface area contributed by atoms with Crippen molar-refractivity contribution >= 4 is 71.6 Å². The Hall–Kier alpha value is -8.14. The summed E-state index contributed by atoms with van der Waals surface area (Å²) in [6, 6.07) is -41.7. The molecule has 0 atom stereocenters. The normalized spacial score (nSPS) is 20.3. The molecule has 0 spiro atoms. The predicted molar refractivity (Wildman–Crippen MR) is 257 cm³/mol. The van der Waals surface area contributed by atoms with Crippen LogP contribution < -0.4 is 4.90 Å². The highest BCUT2D eigenvalue weighted by Gasteiger charge is 2.23. The van der Waals surface area contributed by atoms with Crippen molar-refractivity contribution in [2.75, 3.05) is 4.90 Å². The number of hydrogen-bond acceptors (Lipinski definition) is 2. The Morgan fingerprint density at radius 2 is 0.902 bits per heavy atom. The second-order valence-electron chi connectivity index (χ2n) is 12.8. The van der Waals surface area contributed by atoms with Crippen LogP contribution in [0.15, 0.2) is 234 Å². The first-order valence-electron chi connectivity index (χ1n) is 36.7. The molecule has 0 radical (unpaired) electrons. The average molecular weight is 817 g/mol. The van der Waals surface area contributed by atoms with Gasteiger partial charge in [0.25, 0.3) is 0 Å². The highest BCUT2D eigenvalue weighted by Crippen LogP contribution is 2.47.